The van der Waals surface area contributed by atoms with Gasteiger partial charge in [0.15, 0.2) is 0 Å². The van der Waals surface area contributed by atoms with Gasteiger partial charge in [-0.3, -0.25) is 4.79 Å². The van der Waals surface area contributed by atoms with E-state index in [0.29, 0.717) is 12.3 Å². The molecule has 0 aliphatic heterocycles. The van der Waals surface area contributed by atoms with Crippen molar-refractivity contribution in [2.45, 2.75) is 117 Å². The lowest BCUT2D eigenvalue weighted by Gasteiger charge is -2.15. The van der Waals surface area contributed by atoms with Crippen LogP contribution in [-0.2, 0) is 9.53 Å². The van der Waals surface area contributed by atoms with Crippen LogP contribution in [0.5, 0.6) is 0 Å². The van der Waals surface area contributed by atoms with Crippen molar-refractivity contribution in [3.8, 4) is 0 Å². The Bertz CT molecular complexity index is 250. The maximum atomic E-state index is 11.6. The Morgan fingerprint density at radius 3 is 1.48 bits per heavy atom. The van der Waals surface area contributed by atoms with Crippen molar-refractivity contribution >= 4 is 5.97 Å². The molecule has 0 aliphatic rings. The Balaban J connectivity index is 3.75. The Kier molecular flexibility index (Phi) is 17.4. The van der Waals surface area contributed by atoms with Crippen LogP contribution >= 0.6 is 0 Å². The second-order valence-electron chi connectivity index (χ2n) is 7.11. The first-order valence-corrected chi connectivity index (χ1v) is 10.3. The first-order valence-electron chi connectivity index (χ1n) is 10.3. The van der Waals surface area contributed by atoms with Crippen molar-refractivity contribution in [1.29, 1.82) is 0 Å². The SMILES string of the molecule is CCCCCCCCCC(CCCCCCCC)CC(=O)OC. The average molecular weight is 327 g/mol. The number of hydrogen-bond acceptors (Lipinski definition) is 2. The van der Waals surface area contributed by atoms with Gasteiger partial charge in [-0.05, 0) is 18.8 Å². The lowest BCUT2D eigenvalue weighted by Crippen LogP contribution is -2.10. The van der Waals surface area contributed by atoms with Crippen molar-refractivity contribution in [3.63, 3.8) is 0 Å². The topological polar surface area (TPSA) is 26.3 Å². The van der Waals surface area contributed by atoms with Crippen molar-refractivity contribution in [2.24, 2.45) is 5.92 Å². The van der Waals surface area contributed by atoms with E-state index < -0.39 is 0 Å². The smallest absolute Gasteiger partial charge is 0.305 e. The van der Waals surface area contributed by atoms with Crippen LogP contribution in [0.2, 0.25) is 0 Å². The molecule has 0 N–H and O–H groups in total. The standard InChI is InChI=1S/C21H42O2/c1-4-6-8-10-12-14-16-18-20(19-21(22)23-3)17-15-13-11-9-7-5-2/h20H,4-19H2,1-3H3. The first kappa shape index (κ1) is 22.5. The highest BCUT2D eigenvalue weighted by Gasteiger charge is 2.13. The summed E-state index contributed by atoms with van der Waals surface area (Å²) in [5.41, 5.74) is 0. The molecule has 0 saturated heterocycles. The van der Waals surface area contributed by atoms with Gasteiger partial charge >= 0.3 is 5.97 Å². The molecule has 0 aromatic rings. The number of carbonyl (C=O) groups excluding carboxylic acids is 1. The van der Waals surface area contributed by atoms with Crippen molar-refractivity contribution < 1.29 is 9.53 Å². The fraction of sp³-hybridized carbons (Fsp3) is 0.952. The van der Waals surface area contributed by atoms with Crippen LogP contribution in [0.25, 0.3) is 0 Å². The zero-order valence-corrected chi connectivity index (χ0v) is 16.2. The highest BCUT2D eigenvalue weighted by Crippen LogP contribution is 2.22. The van der Waals surface area contributed by atoms with Gasteiger partial charge in [-0.25, -0.2) is 0 Å². The summed E-state index contributed by atoms with van der Waals surface area (Å²) in [7, 11) is 1.51. The predicted octanol–water partition coefficient (Wildman–Crippen LogP) is 7.06. The maximum absolute atomic E-state index is 11.6. The van der Waals surface area contributed by atoms with Crippen molar-refractivity contribution in [2.75, 3.05) is 7.11 Å². The number of methoxy groups -OCH3 is 1. The number of rotatable bonds is 17. The van der Waals surface area contributed by atoms with Crippen LogP contribution < -0.4 is 0 Å². The second kappa shape index (κ2) is 17.8. The normalized spacial score (nSPS) is 12.3. The lowest BCUT2D eigenvalue weighted by molar-refractivity contribution is -0.141. The van der Waals surface area contributed by atoms with E-state index in [1.165, 1.54) is 103 Å². The minimum absolute atomic E-state index is 0.0241. The fourth-order valence-electron chi connectivity index (χ4n) is 3.27. The summed E-state index contributed by atoms with van der Waals surface area (Å²) >= 11 is 0. The Morgan fingerprint density at radius 2 is 1.09 bits per heavy atom. The van der Waals surface area contributed by atoms with E-state index in [9.17, 15) is 4.79 Å². The van der Waals surface area contributed by atoms with Crippen LogP contribution in [0.15, 0.2) is 0 Å². The van der Waals surface area contributed by atoms with Crippen LogP contribution in [-0.4, -0.2) is 13.1 Å². The molecule has 23 heavy (non-hydrogen) atoms. The number of ether oxygens (including phenoxy) is 1. The Labute approximate surface area is 145 Å². The van der Waals surface area contributed by atoms with Crippen LogP contribution in [0.4, 0.5) is 0 Å². The molecule has 1 atom stereocenters. The third-order valence-electron chi connectivity index (χ3n) is 4.86. The first-order chi connectivity index (χ1) is 11.2. The van der Waals surface area contributed by atoms with E-state index in [2.05, 4.69) is 13.8 Å². The predicted molar refractivity (Wildman–Crippen MR) is 101 cm³/mol. The van der Waals surface area contributed by atoms with E-state index in [1.54, 1.807) is 0 Å². The summed E-state index contributed by atoms with van der Waals surface area (Å²) in [4.78, 5) is 11.6. The van der Waals surface area contributed by atoms with Gasteiger partial charge in [0.1, 0.15) is 0 Å². The summed E-state index contributed by atoms with van der Waals surface area (Å²) in [6, 6.07) is 0. The summed E-state index contributed by atoms with van der Waals surface area (Å²) in [6.07, 6.45) is 20.5. The molecule has 0 heterocycles. The summed E-state index contributed by atoms with van der Waals surface area (Å²) in [5.74, 6) is 0.521. The molecule has 0 bridgehead atoms. The van der Waals surface area contributed by atoms with Crippen LogP contribution in [0.1, 0.15) is 117 Å². The van der Waals surface area contributed by atoms with Crippen molar-refractivity contribution in [1.82, 2.24) is 0 Å². The molecule has 0 saturated carbocycles. The van der Waals surface area contributed by atoms with E-state index in [4.69, 9.17) is 4.74 Å². The molecule has 138 valence electrons. The van der Waals surface area contributed by atoms with Gasteiger partial charge in [-0.2, -0.15) is 0 Å². The van der Waals surface area contributed by atoms with Gasteiger partial charge in [0.05, 0.1) is 7.11 Å². The van der Waals surface area contributed by atoms with Crippen molar-refractivity contribution in [3.05, 3.63) is 0 Å². The van der Waals surface area contributed by atoms with Gasteiger partial charge in [-0.1, -0.05) is 97.3 Å². The molecule has 2 nitrogen and oxygen atoms in total. The summed E-state index contributed by atoms with van der Waals surface area (Å²) < 4.78 is 4.87. The third kappa shape index (κ3) is 16.1. The molecule has 0 aromatic carbocycles. The fourth-order valence-corrected chi connectivity index (χ4v) is 3.27. The van der Waals surface area contributed by atoms with E-state index in [-0.39, 0.29) is 5.97 Å². The van der Waals surface area contributed by atoms with E-state index in [0.717, 1.165) is 0 Å². The van der Waals surface area contributed by atoms with Gasteiger partial charge in [-0.15, -0.1) is 0 Å². The van der Waals surface area contributed by atoms with Gasteiger partial charge in [0, 0.05) is 6.42 Å². The zero-order chi connectivity index (χ0) is 17.2. The monoisotopic (exact) mass is 326 g/mol. The Morgan fingerprint density at radius 1 is 0.696 bits per heavy atom. The van der Waals surface area contributed by atoms with Crippen LogP contribution in [0.3, 0.4) is 0 Å². The Hall–Kier alpha value is -0.530. The molecule has 0 aliphatic carbocycles. The van der Waals surface area contributed by atoms with Gasteiger partial charge < -0.3 is 4.74 Å². The summed E-state index contributed by atoms with van der Waals surface area (Å²) in [6.45, 7) is 4.52. The molecule has 1 unspecified atom stereocenters. The number of esters is 1. The summed E-state index contributed by atoms with van der Waals surface area (Å²) in [5, 5.41) is 0. The molecule has 0 aromatic heterocycles. The minimum Gasteiger partial charge on any atom is -0.469 e. The maximum Gasteiger partial charge on any atom is 0.305 e. The highest BCUT2D eigenvalue weighted by atomic mass is 16.5. The molecule has 0 rings (SSSR count). The van der Waals surface area contributed by atoms with E-state index in [1.807, 2.05) is 0 Å². The van der Waals surface area contributed by atoms with Crippen LogP contribution in [0, 0.1) is 5.92 Å². The van der Waals surface area contributed by atoms with E-state index >= 15 is 0 Å². The zero-order valence-electron chi connectivity index (χ0n) is 16.2. The van der Waals surface area contributed by atoms with Gasteiger partial charge in [0.25, 0.3) is 0 Å². The third-order valence-corrected chi connectivity index (χ3v) is 4.86. The highest BCUT2D eigenvalue weighted by molar-refractivity contribution is 5.69. The molecule has 0 amide bonds. The molecule has 0 fully saturated rings. The number of hydrogen-bond donors (Lipinski definition) is 0. The largest absolute Gasteiger partial charge is 0.469 e. The lowest BCUT2D eigenvalue weighted by atomic mass is 9.91. The minimum atomic E-state index is -0.0241. The molecule has 0 radical (unpaired) electrons. The number of unbranched alkanes of at least 4 members (excludes halogenated alkanes) is 11. The molecule has 2 heteroatoms. The number of carbonyl (C=O) groups is 1. The average Bonchev–Trinajstić information content (AvgIpc) is 2.56. The molecular formula is C21H42O2. The molecular weight excluding hydrogens is 284 g/mol. The molecule has 0 spiro atoms. The van der Waals surface area contributed by atoms with Gasteiger partial charge in [0.2, 0.25) is 0 Å². The quantitative estimate of drug-likeness (QED) is 0.211. The second-order valence-corrected chi connectivity index (χ2v) is 7.11.